The predicted octanol–water partition coefficient (Wildman–Crippen LogP) is 11.4. The first-order chi connectivity index (χ1) is 20.8. The van der Waals surface area contributed by atoms with Gasteiger partial charge in [0.05, 0.1) is 6.61 Å². The van der Waals surface area contributed by atoms with Gasteiger partial charge in [0.1, 0.15) is 12.4 Å². The van der Waals surface area contributed by atoms with E-state index in [2.05, 4.69) is 5.32 Å². The molecule has 226 valence electrons. The highest BCUT2D eigenvalue weighted by molar-refractivity contribution is 6.35. The molecule has 0 radical (unpaired) electrons. The van der Waals surface area contributed by atoms with Gasteiger partial charge in [-0.05, 0) is 71.8 Å². The molecule has 2 N–H and O–H groups in total. The van der Waals surface area contributed by atoms with E-state index in [4.69, 9.17) is 51.1 Å². The number of aliphatic hydroxyl groups is 1. The van der Waals surface area contributed by atoms with Crippen LogP contribution in [0.25, 0.3) is 22.3 Å². The van der Waals surface area contributed by atoms with Gasteiger partial charge in [-0.3, -0.25) is 4.79 Å². The minimum absolute atomic E-state index is 0.0259. The second-order valence-electron chi connectivity index (χ2n) is 10.4. The zero-order valence-corrected chi connectivity index (χ0v) is 26.9. The van der Waals surface area contributed by atoms with Gasteiger partial charge >= 0.3 is 0 Å². The molecule has 4 nitrogen and oxygen atoms in total. The molecule has 0 atom stereocenters. The first-order valence-corrected chi connectivity index (χ1v) is 16.1. The van der Waals surface area contributed by atoms with Crippen molar-refractivity contribution >= 4 is 58.0 Å². The summed E-state index contributed by atoms with van der Waals surface area (Å²) < 4.78 is 5.98. The zero-order valence-electron chi connectivity index (χ0n) is 23.9. The molecule has 0 saturated heterocycles. The third-order valence-electron chi connectivity index (χ3n) is 7.07. The van der Waals surface area contributed by atoms with Gasteiger partial charge in [0.15, 0.2) is 0 Å². The minimum Gasteiger partial charge on any atom is -0.490 e. The van der Waals surface area contributed by atoms with E-state index >= 15 is 0 Å². The number of anilines is 1. The molecule has 0 spiro atoms. The summed E-state index contributed by atoms with van der Waals surface area (Å²) in [4.78, 5) is 13.3. The van der Waals surface area contributed by atoms with Gasteiger partial charge in [0, 0.05) is 42.5 Å². The van der Waals surface area contributed by atoms with Gasteiger partial charge in [0.25, 0.3) is 5.91 Å². The summed E-state index contributed by atoms with van der Waals surface area (Å²) in [5, 5.41) is 14.1. The Morgan fingerprint density at radius 3 is 1.47 bits per heavy atom. The van der Waals surface area contributed by atoms with Crippen LogP contribution in [0.1, 0.15) is 61.7 Å². The van der Waals surface area contributed by atoms with Crippen molar-refractivity contribution in [2.75, 3.05) is 18.5 Å². The molecule has 8 heteroatoms. The topological polar surface area (TPSA) is 58.6 Å². The van der Waals surface area contributed by atoms with E-state index in [1.54, 1.807) is 60.7 Å². The molecule has 4 aromatic rings. The molecule has 1 amide bonds. The number of para-hydroxylation sites is 1. The first kappa shape index (κ1) is 33.2. The van der Waals surface area contributed by atoms with E-state index in [1.807, 2.05) is 18.2 Å². The highest BCUT2D eigenvalue weighted by atomic mass is 35.5. The summed E-state index contributed by atoms with van der Waals surface area (Å²) in [5.74, 6) is 0.0978. The van der Waals surface area contributed by atoms with Crippen molar-refractivity contribution < 1.29 is 14.6 Å². The van der Waals surface area contributed by atoms with Gasteiger partial charge in [-0.1, -0.05) is 116 Å². The van der Waals surface area contributed by atoms with Crippen LogP contribution in [0.4, 0.5) is 5.69 Å². The normalized spacial score (nSPS) is 13.2. The molecule has 1 aliphatic rings. The van der Waals surface area contributed by atoms with Crippen LogP contribution in [-0.2, 0) is 0 Å². The Hall–Kier alpha value is -2.73. The van der Waals surface area contributed by atoms with Gasteiger partial charge in [-0.25, -0.2) is 0 Å². The van der Waals surface area contributed by atoms with Crippen LogP contribution in [0.3, 0.4) is 0 Å². The first-order valence-electron chi connectivity index (χ1n) is 14.5. The van der Waals surface area contributed by atoms with E-state index in [0.29, 0.717) is 59.3 Å². The molecular formula is C35H35Cl4NO3. The summed E-state index contributed by atoms with van der Waals surface area (Å²) >= 11 is 25.1. The fourth-order valence-electron chi connectivity index (χ4n) is 5.05. The SMILES string of the molecule is C1CCCCCCC1.O=C(Nc1ccccc1)c1cc(-c2cc(Cl)cc(Cl)c2)c(OCCO)c(-c2cc(Cl)cc(Cl)c2)c1. The number of carbonyl (C=O) groups excluding carboxylic acids is 1. The molecule has 1 fully saturated rings. The second kappa shape index (κ2) is 16.9. The lowest BCUT2D eigenvalue weighted by Gasteiger charge is -2.19. The largest absolute Gasteiger partial charge is 0.490 e. The number of halogens is 4. The summed E-state index contributed by atoms with van der Waals surface area (Å²) in [6.45, 7) is -0.181. The maximum Gasteiger partial charge on any atom is 0.255 e. The van der Waals surface area contributed by atoms with Crippen molar-refractivity contribution in [2.45, 2.75) is 51.4 Å². The van der Waals surface area contributed by atoms with Gasteiger partial charge in [-0.2, -0.15) is 0 Å². The monoisotopic (exact) mass is 657 g/mol. The number of ether oxygens (including phenoxy) is 1. The van der Waals surface area contributed by atoms with E-state index in [1.165, 1.54) is 51.4 Å². The number of amides is 1. The maximum absolute atomic E-state index is 13.3. The quantitative estimate of drug-likeness (QED) is 0.208. The van der Waals surface area contributed by atoms with Crippen molar-refractivity contribution in [1.82, 2.24) is 0 Å². The molecule has 0 bridgehead atoms. The molecule has 0 unspecified atom stereocenters. The molecule has 1 aliphatic carbocycles. The summed E-state index contributed by atoms with van der Waals surface area (Å²) in [5.41, 5.74) is 3.42. The number of rotatable bonds is 7. The lowest BCUT2D eigenvalue weighted by atomic mass is 9.94. The standard InChI is InChI=1S/C27H19Cl4NO3.C8H16/c28-19-8-16(9-20(29)14-19)24-12-18(27(34)32-23-4-2-1-3-5-23)13-25(26(24)35-7-6-33)17-10-21(30)15-22(31)11-17;1-2-4-6-8-7-5-3-1/h1-5,8-15,33H,6-7H2,(H,32,34);1-8H2. The fraction of sp³-hybridized carbons (Fsp3) is 0.286. The number of nitrogens with one attached hydrogen (secondary N) is 1. The van der Waals surface area contributed by atoms with E-state index in [9.17, 15) is 9.90 Å². The minimum atomic E-state index is -0.325. The lowest BCUT2D eigenvalue weighted by molar-refractivity contribution is 0.102. The number of hydrogen-bond acceptors (Lipinski definition) is 3. The molecular weight excluding hydrogens is 624 g/mol. The predicted molar refractivity (Wildman–Crippen MR) is 181 cm³/mol. The Balaban J connectivity index is 0.000000458. The molecule has 0 heterocycles. The number of aliphatic hydroxyl groups excluding tert-OH is 1. The average Bonchev–Trinajstić information content (AvgIpc) is 2.95. The Kier molecular flexibility index (Phi) is 13.1. The third-order valence-corrected chi connectivity index (χ3v) is 7.94. The van der Waals surface area contributed by atoms with Crippen LogP contribution >= 0.6 is 46.4 Å². The van der Waals surface area contributed by atoms with Crippen LogP contribution in [0.5, 0.6) is 5.75 Å². The second-order valence-corrected chi connectivity index (χ2v) is 12.2. The van der Waals surface area contributed by atoms with Crippen LogP contribution in [-0.4, -0.2) is 24.2 Å². The molecule has 0 aliphatic heterocycles. The number of hydrogen-bond donors (Lipinski definition) is 2. The molecule has 0 aromatic heterocycles. The van der Waals surface area contributed by atoms with Crippen LogP contribution < -0.4 is 10.1 Å². The summed E-state index contributed by atoms with van der Waals surface area (Å²) in [6.07, 6.45) is 12.0. The summed E-state index contributed by atoms with van der Waals surface area (Å²) in [7, 11) is 0. The average molecular weight is 659 g/mol. The lowest BCUT2D eigenvalue weighted by Crippen LogP contribution is -2.13. The molecule has 43 heavy (non-hydrogen) atoms. The highest BCUT2D eigenvalue weighted by Gasteiger charge is 2.20. The number of carbonyl (C=O) groups is 1. The molecule has 5 rings (SSSR count). The summed E-state index contributed by atoms with van der Waals surface area (Å²) in [6, 6.07) is 22.7. The van der Waals surface area contributed by atoms with Crippen molar-refractivity contribution in [3.05, 3.63) is 105 Å². The van der Waals surface area contributed by atoms with Gasteiger partial charge in [-0.15, -0.1) is 0 Å². The van der Waals surface area contributed by atoms with Crippen molar-refractivity contribution in [3.8, 4) is 28.0 Å². The van der Waals surface area contributed by atoms with Crippen molar-refractivity contribution in [1.29, 1.82) is 0 Å². The number of benzene rings is 4. The highest BCUT2D eigenvalue weighted by Crippen LogP contribution is 2.43. The van der Waals surface area contributed by atoms with E-state index in [-0.39, 0.29) is 19.1 Å². The van der Waals surface area contributed by atoms with Crippen molar-refractivity contribution in [3.63, 3.8) is 0 Å². The Morgan fingerprint density at radius 2 is 1.07 bits per heavy atom. The van der Waals surface area contributed by atoms with Crippen LogP contribution in [0.15, 0.2) is 78.9 Å². The third kappa shape index (κ3) is 10.2. The van der Waals surface area contributed by atoms with Crippen LogP contribution in [0, 0.1) is 0 Å². The smallest absolute Gasteiger partial charge is 0.255 e. The van der Waals surface area contributed by atoms with Crippen molar-refractivity contribution in [2.24, 2.45) is 0 Å². The zero-order chi connectivity index (χ0) is 30.6. The molecule has 4 aromatic carbocycles. The Morgan fingerprint density at radius 1 is 0.651 bits per heavy atom. The van der Waals surface area contributed by atoms with Gasteiger partial charge < -0.3 is 15.2 Å². The fourth-order valence-corrected chi connectivity index (χ4v) is 6.10. The van der Waals surface area contributed by atoms with E-state index < -0.39 is 0 Å². The molecule has 1 saturated carbocycles. The Labute approximate surface area is 273 Å². The van der Waals surface area contributed by atoms with Crippen LogP contribution in [0.2, 0.25) is 20.1 Å². The van der Waals surface area contributed by atoms with E-state index in [0.717, 1.165) is 0 Å². The Bertz CT molecular complexity index is 1370. The van der Waals surface area contributed by atoms with Gasteiger partial charge in [0.2, 0.25) is 0 Å². The maximum atomic E-state index is 13.3.